The summed E-state index contributed by atoms with van der Waals surface area (Å²) in [6.45, 7) is 1.40. The van der Waals surface area contributed by atoms with E-state index in [1.54, 1.807) is 48.5 Å². The molecule has 128 valence electrons. The first-order valence-corrected chi connectivity index (χ1v) is 8.02. The molecule has 0 aliphatic heterocycles. The number of nitrogens with one attached hydrogen (secondary N) is 2. The van der Waals surface area contributed by atoms with Gasteiger partial charge in [-0.05, 0) is 43.2 Å². The number of hydrogen-bond donors (Lipinski definition) is 2. The molecule has 3 rings (SSSR count). The molecule has 2 N–H and O–H groups in total. The summed E-state index contributed by atoms with van der Waals surface area (Å²) in [5, 5.41) is 5.43. The van der Waals surface area contributed by atoms with Crippen LogP contribution in [-0.4, -0.2) is 17.8 Å². The van der Waals surface area contributed by atoms with Crippen LogP contribution in [0.15, 0.2) is 48.5 Å². The van der Waals surface area contributed by atoms with E-state index in [1.807, 2.05) is 0 Å². The highest BCUT2D eigenvalue weighted by Crippen LogP contribution is 2.30. The maximum Gasteiger partial charge on any atom is 0.343 e. The van der Waals surface area contributed by atoms with Gasteiger partial charge in [0.05, 0.1) is 5.56 Å². The Balaban J connectivity index is 1.68. The predicted octanol–water partition coefficient (Wildman–Crippen LogP) is 3.21. The molecule has 6 heteroatoms. The summed E-state index contributed by atoms with van der Waals surface area (Å²) in [7, 11) is 0. The summed E-state index contributed by atoms with van der Waals surface area (Å²) in [6.07, 6.45) is 1.84. The van der Waals surface area contributed by atoms with Crippen LogP contribution in [0.2, 0.25) is 0 Å². The van der Waals surface area contributed by atoms with Gasteiger partial charge in [0.15, 0.2) is 0 Å². The second-order valence-corrected chi connectivity index (χ2v) is 5.94. The third kappa shape index (κ3) is 4.67. The molecule has 25 heavy (non-hydrogen) atoms. The van der Waals surface area contributed by atoms with Crippen molar-refractivity contribution in [1.29, 1.82) is 0 Å². The van der Waals surface area contributed by atoms with Crippen molar-refractivity contribution in [2.75, 3.05) is 10.6 Å². The van der Waals surface area contributed by atoms with Gasteiger partial charge in [0.1, 0.15) is 5.75 Å². The lowest BCUT2D eigenvalue weighted by Crippen LogP contribution is -2.14. The van der Waals surface area contributed by atoms with Crippen LogP contribution < -0.4 is 15.4 Å². The fourth-order valence-electron chi connectivity index (χ4n) is 2.32. The van der Waals surface area contributed by atoms with Crippen molar-refractivity contribution in [1.82, 2.24) is 0 Å². The number of hydrogen-bond acceptors (Lipinski definition) is 4. The van der Waals surface area contributed by atoms with Crippen LogP contribution in [0.25, 0.3) is 0 Å². The average Bonchev–Trinajstić information content (AvgIpc) is 3.40. The van der Waals surface area contributed by atoms with Gasteiger partial charge in [0.25, 0.3) is 0 Å². The van der Waals surface area contributed by atoms with E-state index in [0.29, 0.717) is 22.7 Å². The zero-order valence-electron chi connectivity index (χ0n) is 13.7. The fourth-order valence-corrected chi connectivity index (χ4v) is 2.32. The van der Waals surface area contributed by atoms with Crippen LogP contribution in [0, 0.1) is 5.92 Å². The largest absolute Gasteiger partial charge is 0.423 e. The van der Waals surface area contributed by atoms with Crippen molar-refractivity contribution in [3.63, 3.8) is 0 Å². The Kier molecular flexibility index (Phi) is 4.79. The molecule has 1 aliphatic carbocycles. The first-order valence-electron chi connectivity index (χ1n) is 8.02. The van der Waals surface area contributed by atoms with Crippen molar-refractivity contribution in [2.24, 2.45) is 5.92 Å². The Labute approximate surface area is 145 Å². The van der Waals surface area contributed by atoms with Gasteiger partial charge in [-0.3, -0.25) is 9.59 Å². The number of amides is 2. The second kappa shape index (κ2) is 7.17. The third-order valence-electron chi connectivity index (χ3n) is 3.68. The molecule has 0 aromatic heterocycles. The maximum atomic E-state index is 12.3. The molecule has 0 bridgehead atoms. The fraction of sp³-hybridized carbons (Fsp3) is 0.211. The SMILES string of the molecule is CC(=O)Nc1cccc(C(=O)Oc2cccc(NC(=O)C3CC3)c2)c1. The standard InChI is InChI=1S/C19H18N2O4/c1-12(22)20-15-5-2-4-14(10-15)19(24)25-17-7-3-6-16(11-17)21-18(23)13-8-9-13/h2-7,10-11,13H,8-9H2,1H3,(H,20,22)(H,21,23). The Morgan fingerprint density at radius 1 is 0.960 bits per heavy atom. The minimum Gasteiger partial charge on any atom is -0.423 e. The van der Waals surface area contributed by atoms with Crippen molar-refractivity contribution in [3.05, 3.63) is 54.1 Å². The zero-order valence-corrected chi connectivity index (χ0v) is 13.7. The Morgan fingerprint density at radius 2 is 1.64 bits per heavy atom. The van der Waals surface area contributed by atoms with E-state index in [9.17, 15) is 14.4 Å². The van der Waals surface area contributed by atoms with Gasteiger partial charge in [-0.2, -0.15) is 0 Å². The van der Waals surface area contributed by atoms with Crippen molar-refractivity contribution < 1.29 is 19.1 Å². The van der Waals surface area contributed by atoms with Crippen LogP contribution >= 0.6 is 0 Å². The Morgan fingerprint density at radius 3 is 2.32 bits per heavy atom. The summed E-state index contributed by atoms with van der Waals surface area (Å²) >= 11 is 0. The number of carbonyl (C=O) groups is 3. The lowest BCUT2D eigenvalue weighted by molar-refractivity contribution is -0.117. The number of carbonyl (C=O) groups excluding carboxylic acids is 3. The number of benzene rings is 2. The molecule has 0 unspecified atom stereocenters. The highest BCUT2D eigenvalue weighted by molar-refractivity contribution is 5.96. The Bertz CT molecular complexity index is 828. The number of esters is 1. The van der Waals surface area contributed by atoms with Crippen molar-refractivity contribution in [2.45, 2.75) is 19.8 Å². The molecule has 6 nitrogen and oxygen atoms in total. The minimum absolute atomic E-state index is 0.00788. The average molecular weight is 338 g/mol. The van der Waals surface area contributed by atoms with Gasteiger partial charge in [-0.15, -0.1) is 0 Å². The van der Waals surface area contributed by atoms with Crippen LogP contribution in [0.4, 0.5) is 11.4 Å². The molecule has 2 amide bonds. The van der Waals surface area contributed by atoms with E-state index in [1.165, 1.54) is 6.92 Å². The molecule has 0 saturated heterocycles. The van der Waals surface area contributed by atoms with Crippen LogP contribution in [0.5, 0.6) is 5.75 Å². The normalized spacial score (nSPS) is 13.0. The van der Waals surface area contributed by atoms with Crippen LogP contribution in [0.1, 0.15) is 30.1 Å². The van der Waals surface area contributed by atoms with Gasteiger partial charge in [0, 0.05) is 30.3 Å². The summed E-state index contributed by atoms with van der Waals surface area (Å²) in [5.74, 6) is -0.333. The van der Waals surface area contributed by atoms with E-state index >= 15 is 0 Å². The molecule has 2 aromatic carbocycles. The molecule has 1 fully saturated rings. The predicted molar refractivity (Wildman–Crippen MR) is 93.5 cm³/mol. The van der Waals surface area contributed by atoms with E-state index in [0.717, 1.165) is 12.8 Å². The number of ether oxygens (including phenoxy) is 1. The quantitative estimate of drug-likeness (QED) is 0.647. The van der Waals surface area contributed by atoms with Gasteiger partial charge < -0.3 is 15.4 Å². The molecule has 0 atom stereocenters. The van der Waals surface area contributed by atoms with Crippen LogP contribution in [-0.2, 0) is 9.59 Å². The highest BCUT2D eigenvalue weighted by atomic mass is 16.5. The monoisotopic (exact) mass is 338 g/mol. The maximum absolute atomic E-state index is 12.3. The molecule has 1 saturated carbocycles. The van der Waals surface area contributed by atoms with Gasteiger partial charge in [-0.1, -0.05) is 12.1 Å². The topological polar surface area (TPSA) is 84.5 Å². The van der Waals surface area contributed by atoms with E-state index in [-0.39, 0.29) is 17.7 Å². The van der Waals surface area contributed by atoms with Crippen molar-refractivity contribution in [3.8, 4) is 5.75 Å². The summed E-state index contributed by atoms with van der Waals surface area (Å²) < 4.78 is 5.36. The first-order chi connectivity index (χ1) is 12.0. The molecule has 0 spiro atoms. The molecule has 1 aliphatic rings. The van der Waals surface area contributed by atoms with Gasteiger partial charge in [-0.25, -0.2) is 4.79 Å². The lowest BCUT2D eigenvalue weighted by atomic mass is 10.2. The minimum atomic E-state index is -0.544. The van der Waals surface area contributed by atoms with Gasteiger partial charge in [0.2, 0.25) is 11.8 Å². The second-order valence-electron chi connectivity index (χ2n) is 5.94. The van der Waals surface area contributed by atoms with E-state index < -0.39 is 5.97 Å². The molecule has 2 aromatic rings. The number of anilines is 2. The summed E-state index contributed by atoms with van der Waals surface area (Å²) in [6, 6.07) is 13.2. The first kappa shape index (κ1) is 16.7. The lowest BCUT2D eigenvalue weighted by Gasteiger charge is -2.09. The van der Waals surface area contributed by atoms with E-state index in [2.05, 4.69) is 10.6 Å². The Hall–Kier alpha value is -3.15. The molecule has 0 heterocycles. The molecular weight excluding hydrogens is 320 g/mol. The summed E-state index contributed by atoms with van der Waals surface area (Å²) in [4.78, 5) is 35.2. The number of rotatable bonds is 5. The van der Waals surface area contributed by atoms with Crippen LogP contribution in [0.3, 0.4) is 0 Å². The molecule has 0 radical (unpaired) electrons. The highest BCUT2D eigenvalue weighted by Gasteiger charge is 2.29. The van der Waals surface area contributed by atoms with Crippen molar-refractivity contribution >= 4 is 29.2 Å². The zero-order chi connectivity index (χ0) is 17.8. The molecular formula is C19H18N2O4. The smallest absolute Gasteiger partial charge is 0.343 e. The summed E-state index contributed by atoms with van der Waals surface area (Å²) in [5.41, 5.74) is 1.43. The third-order valence-corrected chi connectivity index (χ3v) is 3.68. The van der Waals surface area contributed by atoms with Gasteiger partial charge >= 0.3 is 5.97 Å². The van der Waals surface area contributed by atoms with E-state index in [4.69, 9.17) is 4.74 Å².